The molecule has 8 nitrogen and oxygen atoms in total. The summed E-state index contributed by atoms with van der Waals surface area (Å²) in [6.45, 7) is 7.65. The summed E-state index contributed by atoms with van der Waals surface area (Å²) >= 11 is 6.11. The summed E-state index contributed by atoms with van der Waals surface area (Å²) in [4.78, 5) is 34.2. The summed E-state index contributed by atoms with van der Waals surface area (Å²) < 4.78 is 32.1. The molecular weight excluding hydrogens is 478 g/mol. The van der Waals surface area contributed by atoms with Crippen molar-refractivity contribution in [2.45, 2.75) is 87.8 Å². The number of sulfone groups is 1. The van der Waals surface area contributed by atoms with Crippen molar-refractivity contribution in [2.75, 3.05) is 6.54 Å². The Hall–Kier alpha value is -2.26. The molecule has 0 bridgehead atoms. The van der Waals surface area contributed by atoms with E-state index in [1.807, 2.05) is 0 Å². The Labute approximate surface area is 206 Å². The van der Waals surface area contributed by atoms with Crippen molar-refractivity contribution in [3.8, 4) is 0 Å². The van der Waals surface area contributed by atoms with Gasteiger partial charge in [0.25, 0.3) is 0 Å². The van der Waals surface area contributed by atoms with Gasteiger partial charge in [0, 0.05) is 13.0 Å². The zero-order valence-electron chi connectivity index (χ0n) is 20.1. The summed E-state index contributed by atoms with van der Waals surface area (Å²) in [5.74, 6) is 0. The number of carbonyl (C=O) groups excluding carboxylic acids is 2. The highest BCUT2D eigenvalue weighted by atomic mass is 35.5. The van der Waals surface area contributed by atoms with E-state index in [2.05, 4.69) is 16.9 Å². The summed E-state index contributed by atoms with van der Waals surface area (Å²) in [6.07, 6.45) is 3.77. The Morgan fingerprint density at radius 1 is 1.26 bits per heavy atom. The van der Waals surface area contributed by atoms with Crippen LogP contribution in [0.15, 0.2) is 39.1 Å². The molecule has 2 unspecified atom stereocenters. The van der Waals surface area contributed by atoms with Crippen LogP contribution in [0.4, 0.5) is 4.79 Å². The summed E-state index contributed by atoms with van der Waals surface area (Å²) in [7, 11) is -3.78. The number of unbranched alkanes of at least 4 members (excludes halogenated alkanes) is 1. The third-order valence-electron chi connectivity index (χ3n) is 5.81. The molecule has 0 aliphatic carbocycles. The molecule has 2 aliphatic rings. The van der Waals surface area contributed by atoms with Gasteiger partial charge in [0.15, 0.2) is 27.0 Å². The van der Waals surface area contributed by atoms with E-state index in [9.17, 15) is 18.0 Å². The topological polar surface area (TPSA) is 105 Å². The first-order chi connectivity index (χ1) is 15.9. The fraction of sp³-hybridized carbons (Fsp3) is 0.583. The maximum Gasteiger partial charge on any atom is 0.411 e. The molecule has 0 radical (unpaired) electrons. The number of rotatable bonds is 8. The Balaban J connectivity index is 1.81. The van der Waals surface area contributed by atoms with Gasteiger partial charge in [-0.05, 0) is 64.2 Å². The van der Waals surface area contributed by atoms with E-state index in [4.69, 9.17) is 16.3 Å². The minimum Gasteiger partial charge on any atom is -0.444 e. The van der Waals surface area contributed by atoms with Crippen LogP contribution in [0.25, 0.3) is 0 Å². The van der Waals surface area contributed by atoms with Crippen molar-refractivity contribution in [3.05, 3.63) is 29.8 Å². The third kappa shape index (κ3) is 5.86. The first kappa shape index (κ1) is 26.3. The van der Waals surface area contributed by atoms with Gasteiger partial charge in [0.2, 0.25) is 0 Å². The summed E-state index contributed by atoms with van der Waals surface area (Å²) in [5, 5.41) is -0.851. The van der Waals surface area contributed by atoms with Gasteiger partial charge in [-0.1, -0.05) is 37.1 Å². The summed E-state index contributed by atoms with van der Waals surface area (Å²) in [6, 6.07) is 6.55. The first-order valence-electron chi connectivity index (χ1n) is 11.5. The second-order valence-corrected chi connectivity index (χ2v) is 12.2. The van der Waals surface area contributed by atoms with Gasteiger partial charge in [0.05, 0.1) is 4.90 Å². The lowest BCUT2D eigenvalue weighted by molar-refractivity contribution is -0.102. The molecule has 1 aromatic rings. The molecule has 2 heterocycles. The largest absolute Gasteiger partial charge is 0.444 e. The van der Waals surface area contributed by atoms with Crippen LogP contribution in [-0.2, 0) is 25.8 Å². The number of benzene rings is 1. The van der Waals surface area contributed by atoms with Gasteiger partial charge in [-0.2, -0.15) is 0 Å². The normalized spacial score (nSPS) is 23.0. The van der Waals surface area contributed by atoms with E-state index in [0.29, 0.717) is 38.5 Å². The highest BCUT2D eigenvalue weighted by Crippen LogP contribution is 2.33. The second-order valence-electron chi connectivity index (χ2n) is 9.74. The minimum absolute atomic E-state index is 0.105. The van der Waals surface area contributed by atoms with Crippen LogP contribution >= 0.6 is 11.6 Å². The van der Waals surface area contributed by atoms with E-state index >= 15 is 0 Å². The number of ether oxygens (including phenoxy) is 1. The molecule has 34 heavy (non-hydrogen) atoms. The molecule has 3 rings (SSSR count). The average Bonchev–Trinajstić information content (AvgIpc) is 3.37. The third-order valence-corrected chi connectivity index (χ3v) is 8.23. The Bertz CT molecular complexity index is 1090. The van der Waals surface area contributed by atoms with E-state index in [-0.39, 0.29) is 15.8 Å². The SMILES string of the molecule is CCCCC1(Cc2ccc(S(=O)(=O)C3CCCN3C(=O)OC(C)(C)C)cc2)N=C(Cl)C(C=O)=N1. The minimum atomic E-state index is -3.78. The predicted octanol–water partition coefficient (Wildman–Crippen LogP) is 4.54. The van der Waals surface area contributed by atoms with Crippen LogP contribution in [0.2, 0.25) is 0 Å². The maximum absolute atomic E-state index is 13.4. The Kier molecular flexibility index (Phi) is 7.87. The summed E-state index contributed by atoms with van der Waals surface area (Å²) in [5.41, 5.74) is -0.598. The van der Waals surface area contributed by atoms with Crippen LogP contribution in [0.3, 0.4) is 0 Å². The monoisotopic (exact) mass is 509 g/mol. The lowest BCUT2D eigenvalue weighted by Crippen LogP contribution is -2.43. The van der Waals surface area contributed by atoms with E-state index < -0.39 is 32.6 Å². The van der Waals surface area contributed by atoms with Crippen LogP contribution in [0.1, 0.15) is 65.4 Å². The van der Waals surface area contributed by atoms with E-state index in [0.717, 1.165) is 18.4 Å². The number of likely N-dealkylation sites (tertiary alicyclic amines) is 1. The number of nitrogens with zero attached hydrogens (tertiary/aromatic N) is 3. The van der Waals surface area contributed by atoms with Crippen molar-refractivity contribution in [1.29, 1.82) is 0 Å². The number of carbonyl (C=O) groups is 2. The van der Waals surface area contributed by atoms with Gasteiger partial charge in [0.1, 0.15) is 16.7 Å². The fourth-order valence-corrected chi connectivity index (χ4v) is 6.30. The van der Waals surface area contributed by atoms with Crippen molar-refractivity contribution < 1.29 is 22.7 Å². The molecule has 2 aliphatic heterocycles. The van der Waals surface area contributed by atoms with Crippen LogP contribution in [0, 0.1) is 0 Å². The average molecular weight is 510 g/mol. The van der Waals surface area contributed by atoms with Crippen LogP contribution < -0.4 is 0 Å². The number of aliphatic imine (C=N–C) groups is 2. The highest BCUT2D eigenvalue weighted by Gasteiger charge is 2.41. The van der Waals surface area contributed by atoms with Crippen molar-refractivity contribution >= 4 is 44.7 Å². The Morgan fingerprint density at radius 3 is 2.50 bits per heavy atom. The fourth-order valence-electron chi connectivity index (χ4n) is 4.22. The Morgan fingerprint density at radius 2 is 1.94 bits per heavy atom. The smallest absolute Gasteiger partial charge is 0.411 e. The van der Waals surface area contributed by atoms with Crippen molar-refractivity contribution in [2.24, 2.45) is 9.98 Å². The zero-order valence-corrected chi connectivity index (χ0v) is 21.7. The number of hydrogen-bond donors (Lipinski definition) is 0. The molecule has 1 fully saturated rings. The molecular formula is C24H32ClN3O5S. The van der Waals surface area contributed by atoms with Gasteiger partial charge in [-0.25, -0.2) is 23.2 Å². The van der Waals surface area contributed by atoms with Crippen LogP contribution in [0.5, 0.6) is 0 Å². The lowest BCUT2D eigenvalue weighted by atomic mass is 9.95. The molecule has 186 valence electrons. The molecule has 0 saturated carbocycles. The van der Waals surface area contributed by atoms with Crippen molar-refractivity contribution in [1.82, 2.24) is 4.90 Å². The number of aldehydes is 1. The maximum atomic E-state index is 13.4. The predicted molar refractivity (Wildman–Crippen MR) is 132 cm³/mol. The van der Waals surface area contributed by atoms with Crippen LogP contribution in [-0.4, -0.2) is 59.8 Å². The molecule has 1 aromatic carbocycles. The zero-order chi connectivity index (χ0) is 25.1. The standard InChI is InChI=1S/C24H32ClN3O5S/c1-5-6-13-24(26-19(16-29)21(25)27-24)15-17-9-11-18(12-10-17)34(31,32)20-8-7-14-28(20)22(30)33-23(2,3)4/h9-12,16,20H,5-8,13-15H2,1-4H3. The molecule has 1 amide bonds. The van der Waals surface area contributed by atoms with Gasteiger partial charge < -0.3 is 4.74 Å². The van der Waals surface area contributed by atoms with E-state index in [1.165, 1.54) is 4.90 Å². The quantitative estimate of drug-likeness (QED) is 0.478. The number of halogens is 1. The van der Waals surface area contributed by atoms with Crippen molar-refractivity contribution in [3.63, 3.8) is 0 Å². The van der Waals surface area contributed by atoms with Gasteiger partial charge in [-0.15, -0.1) is 0 Å². The molecule has 1 saturated heterocycles. The number of amides is 1. The first-order valence-corrected chi connectivity index (χ1v) is 13.5. The molecule has 0 spiro atoms. The van der Waals surface area contributed by atoms with Gasteiger partial charge >= 0.3 is 6.09 Å². The molecule has 10 heteroatoms. The second kappa shape index (κ2) is 10.2. The molecule has 2 atom stereocenters. The van der Waals surface area contributed by atoms with E-state index in [1.54, 1.807) is 45.0 Å². The molecule has 0 aromatic heterocycles. The highest BCUT2D eigenvalue weighted by molar-refractivity contribution is 7.92. The number of hydrogen-bond acceptors (Lipinski definition) is 7. The molecule has 0 N–H and O–H groups in total. The lowest BCUT2D eigenvalue weighted by Gasteiger charge is -2.28. The van der Waals surface area contributed by atoms with Gasteiger partial charge in [-0.3, -0.25) is 9.69 Å².